The number of hydrogen-bond donors (Lipinski definition) is 0. The fourth-order valence-corrected chi connectivity index (χ4v) is 3.03. The standard InChI is InChI=1S/C17H30O3/c1-4-13(3)10-14-11-16(18)15(17(19)12-14)8-6-7-9-20-5-2/h13-15H,4-12H2,1-3H3. The minimum absolute atomic E-state index is 0.186. The van der Waals surface area contributed by atoms with E-state index in [1.54, 1.807) is 0 Å². The Balaban J connectivity index is 2.33. The maximum Gasteiger partial charge on any atom is 0.143 e. The van der Waals surface area contributed by atoms with Gasteiger partial charge < -0.3 is 4.74 Å². The number of carbonyl (C=O) groups excluding carboxylic acids is 2. The van der Waals surface area contributed by atoms with E-state index in [0.717, 1.165) is 45.3 Å². The van der Waals surface area contributed by atoms with Crippen LogP contribution in [0.3, 0.4) is 0 Å². The number of hydrogen-bond acceptors (Lipinski definition) is 3. The molecule has 0 amide bonds. The number of unbranched alkanes of at least 4 members (excludes halogenated alkanes) is 1. The topological polar surface area (TPSA) is 43.4 Å². The van der Waals surface area contributed by atoms with Gasteiger partial charge in [0.25, 0.3) is 0 Å². The highest BCUT2D eigenvalue weighted by atomic mass is 16.5. The van der Waals surface area contributed by atoms with Crippen molar-refractivity contribution in [2.24, 2.45) is 17.8 Å². The number of rotatable bonds is 9. The average Bonchev–Trinajstić information content (AvgIpc) is 2.41. The lowest BCUT2D eigenvalue weighted by Crippen LogP contribution is -2.34. The Morgan fingerprint density at radius 3 is 2.35 bits per heavy atom. The lowest BCUT2D eigenvalue weighted by Gasteiger charge is -2.28. The normalized spacial score (nSPS) is 24.9. The average molecular weight is 282 g/mol. The highest BCUT2D eigenvalue weighted by Crippen LogP contribution is 2.31. The second-order valence-corrected chi connectivity index (χ2v) is 6.20. The highest BCUT2D eigenvalue weighted by Gasteiger charge is 2.34. The number of Topliss-reactive ketones (excluding diaryl/α,β-unsaturated/α-hetero) is 2. The van der Waals surface area contributed by atoms with E-state index in [4.69, 9.17) is 4.74 Å². The third-order valence-electron chi connectivity index (χ3n) is 4.43. The molecule has 0 radical (unpaired) electrons. The molecule has 0 aromatic heterocycles. The van der Waals surface area contributed by atoms with Crippen molar-refractivity contribution < 1.29 is 14.3 Å². The van der Waals surface area contributed by atoms with Crippen LogP contribution in [0.15, 0.2) is 0 Å². The molecule has 0 spiro atoms. The van der Waals surface area contributed by atoms with Crippen LogP contribution in [-0.4, -0.2) is 24.8 Å². The van der Waals surface area contributed by atoms with E-state index in [1.807, 2.05) is 6.92 Å². The van der Waals surface area contributed by atoms with Crippen molar-refractivity contribution >= 4 is 11.6 Å². The minimum atomic E-state index is -0.315. The summed E-state index contributed by atoms with van der Waals surface area (Å²) in [6.07, 6.45) is 5.96. The Morgan fingerprint density at radius 1 is 1.15 bits per heavy atom. The van der Waals surface area contributed by atoms with Gasteiger partial charge in [0.15, 0.2) is 0 Å². The summed E-state index contributed by atoms with van der Waals surface area (Å²) in [5.74, 6) is 0.967. The first-order chi connectivity index (χ1) is 9.58. The van der Waals surface area contributed by atoms with E-state index < -0.39 is 0 Å². The molecular weight excluding hydrogens is 252 g/mol. The van der Waals surface area contributed by atoms with Crippen LogP contribution < -0.4 is 0 Å². The van der Waals surface area contributed by atoms with Crippen LogP contribution >= 0.6 is 0 Å². The Bertz CT molecular complexity index is 293. The fraction of sp³-hybridized carbons (Fsp3) is 0.882. The second kappa shape index (κ2) is 9.28. The summed E-state index contributed by atoms with van der Waals surface area (Å²) in [6.45, 7) is 7.82. The molecule has 3 heteroatoms. The van der Waals surface area contributed by atoms with Crippen LogP contribution in [0.5, 0.6) is 0 Å². The summed E-state index contributed by atoms with van der Waals surface area (Å²) >= 11 is 0. The molecule has 1 fully saturated rings. The third-order valence-corrected chi connectivity index (χ3v) is 4.43. The Kier molecular flexibility index (Phi) is 8.05. The smallest absolute Gasteiger partial charge is 0.143 e. The van der Waals surface area contributed by atoms with Gasteiger partial charge in [0.1, 0.15) is 11.6 Å². The minimum Gasteiger partial charge on any atom is -0.382 e. The predicted octanol–water partition coefficient (Wildman–Crippen LogP) is 3.79. The Morgan fingerprint density at radius 2 is 1.80 bits per heavy atom. The maximum absolute atomic E-state index is 12.2. The first-order valence-corrected chi connectivity index (χ1v) is 8.21. The molecule has 1 saturated carbocycles. The number of ether oxygens (including phenoxy) is 1. The zero-order valence-corrected chi connectivity index (χ0v) is 13.3. The van der Waals surface area contributed by atoms with Crippen molar-refractivity contribution in [2.45, 2.75) is 65.7 Å². The molecule has 0 N–H and O–H groups in total. The van der Waals surface area contributed by atoms with Crippen LogP contribution in [0, 0.1) is 17.8 Å². The van der Waals surface area contributed by atoms with E-state index in [2.05, 4.69) is 13.8 Å². The fourth-order valence-electron chi connectivity index (χ4n) is 3.03. The van der Waals surface area contributed by atoms with Crippen LogP contribution in [0.2, 0.25) is 0 Å². The van der Waals surface area contributed by atoms with Crippen LogP contribution in [0.1, 0.15) is 65.7 Å². The predicted molar refractivity (Wildman–Crippen MR) is 80.6 cm³/mol. The molecule has 0 heterocycles. The molecule has 20 heavy (non-hydrogen) atoms. The molecular formula is C17H30O3. The van der Waals surface area contributed by atoms with Crippen LogP contribution in [-0.2, 0) is 14.3 Å². The molecule has 1 unspecified atom stereocenters. The van der Waals surface area contributed by atoms with Gasteiger partial charge in [-0.2, -0.15) is 0 Å². The number of ketones is 2. The van der Waals surface area contributed by atoms with Gasteiger partial charge in [-0.15, -0.1) is 0 Å². The quantitative estimate of drug-likeness (QED) is 0.477. The van der Waals surface area contributed by atoms with Crippen LogP contribution in [0.4, 0.5) is 0 Å². The van der Waals surface area contributed by atoms with Crippen molar-refractivity contribution in [2.75, 3.05) is 13.2 Å². The molecule has 1 atom stereocenters. The van der Waals surface area contributed by atoms with Gasteiger partial charge in [-0.3, -0.25) is 9.59 Å². The largest absolute Gasteiger partial charge is 0.382 e. The lowest BCUT2D eigenvalue weighted by molar-refractivity contribution is -0.138. The van der Waals surface area contributed by atoms with Gasteiger partial charge in [0, 0.05) is 26.1 Å². The first-order valence-electron chi connectivity index (χ1n) is 8.21. The third kappa shape index (κ3) is 5.74. The van der Waals surface area contributed by atoms with Crippen LogP contribution in [0.25, 0.3) is 0 Å². The second-order valence-electron chi connectivity index (χ2n) is 6.20. The van der Waals surface area contributed by atoms with Gasteiger partial charge >= 0.3 is 0 Å². The molecule has 1 aliphatic rings. The Hall–Kier alpha value is -0.700. The van der Waals surface area contributed by atoms with E-state index in [0.29, 0.717) is 24.7 Å². The number of carbonyl (C=O) groups is 2. The summed E-state index contributed by atoms with van der Waals surface area (Å²) in [4.78, 5) is 24.3. The molecule has 0 saturated heterocycles. The zero-order chi connectivity index (χ0) is 15.0. The van der Waals surface area contributed by atoms with E-state index in [1.165, 1.54) is 0 Å². The first kappa shape index (κ1) is 17.4. The zero-order valence-electron chi connectivity index (χ0n) is 13.3. The molecule has 1 aliphatic carbocycles. The van der Waals surface area contributed by atoms with Gasteiger partial charge in [0.2, 0.25) is 0 Å². The summed E-state index contributed by atoms with van der Waals surface area (Å²) < 4.78 is 5.28. The molecule has 116 valence electrons. The van der Waals surface area contributed by atoms with Crippen molar-refractivity contribution in [3.8, 4) is 0 Å². The van der Waals surface area contributed by atoms with Crippen molar-refractivity contribution in [3.05, 3.63) is 0 Å². The van der Waals surface area contributed by atoms with Gasteiger partial charge in [-0.25, -0.2) is 0 Å². The van der Waals surface area contributed by atoms with Gasteiger partial charge in [0.05, 0.1) is 5.92 Å². The summed E-state index contributed by atoms with van der Waals surface area (Å²) in [6, 6.07) is 0. The van der Waals surface area contributed by atoms with Gasteiger partial charge in [-0.1, -0.05) is 20.3 Å². The molecule has 0 aliphatic heterocycles. The molecule has 3 nitrogen and oxygen atoms in total. The SMILES string of the molecule is CCOCCCCC1C(=O)CC(CC(C)CC)CC1=O. The van der Waals surface area contributed by atoms with E-state index >= 15 is 0 Å². The Labute approximate surface area is 123 Å². The molecule has 1 rings (SSSR count). The van der Waals surface area contributed by atoms with Crippen molar-refractivity contribution in [1.82, 2.24) is 0 Å². The molecule has 0 aromatic carbocycles. The summed E-state index contributed by atoms with van der Waals surface area (Å²) in [5, 5.41) is 0. The monoisotopic (exact) mass is 282 g/mol. The molecule has 0 aromatic rings. The highest BCUT2D eigenvalue weighted by molar-refractivity contribution is 6.04. The van der Waals surface area contributed by atoms with Gasteiger partial charge in [-0.05, 0) is 44.4 Å². The summed E-state index contributed by atoms with van der Waals surface area (Å²) in [5.41, 5.74) is 0. The van der Waals surface area contributed by atoms with Crippen molar-refractivity contribution in [3.63, 3.8) is 0 Å². The summed E-state index contributed by atoms with van der Waals surface area (Å²) in [7, 11) is 0. The lowest BCUT2D eigenvalue weighted by atomic mass is 9.75. The van der Waals surface area contributed by atoms with Crippen molar-refractivity contribution in [1.29, 1.82) is 0 Å². The van der Waals surface area contributed by atoms with E-state index in [9.17, 15) is 9.59 Å². The maximum atomic E-state index is 12.2. The molecule has 0 bridgehead atoms. The van der Waals surface area contributed by atoms with E-state index in [-0.39, 0.29) is 17.5 Å².